The van der Waals surface area contributed by atoms with Gasteiger partial charge in [0.25, 0.3) is 5.91 Å². The van der Waals surface area contributed by atoms with E-state index >= 15 is 0 Å². The third-order valence-corrected chi connectivity index (χ3v) is 5.10. The number of benzene rings is 3. The molecule has 2 heterocycles. The van der Waals surface area contributed by atoms with E-state index in [-0.39, 0.29) is 5.56 Å². The van der Waals surface area contributed by atoms with Crippen LogP contribution in [0.15, 0.2) is 97.3 Å². The standard InChI is InChI=1S/C25H19N7O3/c33-24(16-35-25(34)20-13-7-8-14-22(20)31-17-26-29-30-31)27-23-15-21(18-9-3-1-4-10-18)28-32(23)19-11-5-2-6-12-19/h1-15,17H,16H2,(H,27,33). The molecule has 0 fully saturated rings. The van der Waals surface area contributed by atoms with Crippen LogP contribution in [0.2, 0.25) is 0 Å². The van der Waals surface area contributed by atoms with Crippen LogP contribution in [0, 0.1) is 0 Å². The SMILES string of the molecule is O=C(COC(=O)c1ccccc1-n1cnnn1)Nc1cc(-c2ccccc2)nn1-c1ccccc1. The Morgan fingerprint density at radius 2 is 1.60 bits per heavy atom. The third-order valence-electron chi connectivity index (χ3n) is 5.10. The van der Waals surface area contributed by atoms with Gasteiger partial charge in [0.15, 0.2) is 6.61 Å². The average Bonchev–Trinajstić information content (AvgIpc) is 3.59. The van der Waals surface area contributed by atoms with Gasteiger partial charge in [-0.15, -0.1) is 5.10 Å². The van der Waals surface area contributed by atoms with E-state index in [2.05, 4.69) is 25.9 Å². The summed E-state index contributed by atoms with van der Waals surface area (Å²) >= 11 is 0. The van der Waals surface area contributed by atoms with Gasteiger partial charge in [0.2, 0.25) is 0 Å². The maximum Gasteiger partial charge on any atom is 0.340 e. The van der Waals surface area contributed by atoms with Crippen molar-refractivity contribution in [3.05, 3.63) is 103 Å². The minimum atomic E-state index is -0.673. The van der Waals surface area contributed by atoms with E-state index in [1.807, 2.05) is 60.7 Å². The van der Waals surface area contributed by atoms with Crippen LogP contribution in [-0.4, -0.2) is 48.5 Å². The molecule has 0 aliphatic heterocycles. The van der Waals surface area contributed by atoms with E-state index in [1.54, 1.807) is 35.0 Å². The fraction of sp³-hybridized carbons (Fsp3) is 0.0400. The Kier molecular flexibility index (Phi) is 6.07. The van der Waals surface area contributed by atoms with Gasteiger partial charge in [0, 0.05) is 11.6 Å². The number of hydrogen-bond donors (Lipinski definition) is 1. The lowest BCUT2D eigenvalue weighted by Crippen LogP contribution is -2.23. The van der Waals surface area contributed by atoms with Gasteiger partial charge in [-0.2, -0.15) is 9.78 Å². The molecule has 0 aliphatic carbocycles. The maximum atomic E-state index is 12.7. The molecule has 172 valence electrons. The van der Waals surface area contributed by atoms with Gasteiger partial charge in [-0.1, -0.05) is 60.7 Å². The van der Waals surface area contributed by atoms with Crippen LogP contribution in [0.25, 0.3) is 22.6 Å². The molecule has 2 aromatic heterocycles. The number of para-hydroxylation sites is 2. The number of carbonyl (C=O) groups excluding carboxylic acids is 2. The average molecular weight is 465 g/mol. The highest BCUT2D eigenvalue weighted by Gasteiger charge is 2.18. The molecular formula is C25H19N7O3. The summed E-state index contributed by atoms with van der Waals surface area (Å²) in [5.74, 6) is -0.729. The number of rotatable bonds is 7. The fourth-order valence-electron chi connectivity index (χ4n) is 3.49. The van der Waals surface area contributed by atoms with Crippen molar-refractivity contribution in [3.8, 4) is 22.6 Å². The second kappa shape index (κ2) is 9.79. The normalized spacial score (nSPS) is 10.6. The highest BCUT2D eigenvalue weighted by Crippen LogP contribution is 2.24. The fourth-order valence-corrected chi connectivity index (χ4v) is 3.49. The van der Waals surface area contributed by atoms with Crippen LogP contribution in [0.5, 0.6) is 0 Å². The summed E-state index contributed by atoms with van der Waals surface area (Å²) in [5, 5.41) is 18.4. The molecule has 0 atom stereocenters. The van der Waals surface area contributed by atoms with E-state index < -0.39 is 18.5 Å². The molecular weight excluding hydrogens is 446 g/mol. The Bertz CT molecular complexity index is 1450. The van der Waals surface area contributed by atoms with Crippen LogP contribution in [-0.2, 0) is 9.53 Å². The van der Waals surface area contributed by atoms with Crippen molar-refractivity contribution in [2.75, 3.05) is 11.9 Å². The summed E-state index contributed by atoms with van der Waals surface area (Å²) in [4.78, 5) is 25.4. The summed E-state index contributed by atoms with van der Waals surface area (Å²) < 4.78 is 8.26. The zero-order chi connectivity index (χ0) is 24.0. The lowest BCUT2D eigenvalue weighted by molar-refractivity contribution is -0.119. The predicted octanol–water partition coefficient (Wildman–Crippen LogP) is 3.31. The van der Waals surface area contributed by atoms with E-state index in [1.165, 1.54) is 11.0 Å². The largest absolute Gasteiger partial charge is 0.452 e. The molecule has 0 aliphatic rings. The highest BCUT2D eigenvalue weighted by molar-refractivity contribution is 5.97. The highest BCUT2D eigenvalue weighted by atomic mass is 16.5. The Labute approximate surface area is 199 Å². The van der Waals surface area contributed by atoms with Gasteiger partial charge in [0.1, 0.15) is 12.1 Å². The number of nitrogens with one attached hydrogen (secondary N) is 1. The van der Waals surface area contributed by atoms with Crippen molar-refractivity contribution in [2.24, 2.45) is 0 Å². The van der Waals surface area contributed by atoms with E-state index in [0.29, 0.717) is 17.2 Å². The second-order valence-corrected chi connectivity index (χ2v) is 7.42. The Hall–Kier alpha value is -5.12. The molecule has 5 aromatic rings. The molecule has 0 radical (unpaired) electrons. The van der Waals surface area contributed by atoms with E-state index in [4.69, 9.17) is 4.74 Å². The number of ether oxygens (including phenoxy) is 1. The molecule has 0 bridgehead atoms. The first-order chi connectivity index (χ1) is 17.2. The minimum absolute atomic E-state index is 0.230. The lowest BCUT2D eigenvalue weighted by atomic mass is 10.1. The zero-order valence-electron chi connectivity index (χ0n) is 18.4. The van der Waals surface area contributed by atoms with Crippen molar-refractivity contribution >= 4 is 17.7 Å². The van der Waals surface area contributed by atoms with Gasteiger partial charge in [-0.3, -0.25) is 4.79 Å². The summed E-state index contributed by atoms with van der Waals surface area (Å²) in [6.07, 6.45) is 1.37. The van der Waals surface area contributed by atoms with Gasteiger partial charge in [-0.25, -0.2) is 9.48 Å². The smallest absolute Gasteiger partial charge is 0.340 e. The van der Waals surface area contributed by atoms with Gasteiger partial charge in [-0.05, 0) is 34.7 Å². The molecule has 3 aromatic carbocycles. The molecule has 10 heteroatoms. The predicted molar refractivity (Wildman–Crippen MR) is 127 cm³/mol. The molecule has 1 amide bonds. The number of tetrazole rings is 1. The molecule has 0 saturated carbocycles. The first-order valence-corrected chi connectivity index (χ1v) is 10.7. The van der Waals surface area contributed by atoms with Gasteiger partial charge >= 0.3 is 5.97 Å². The maximum absolute atomic E-state index is 12.7. The number of anilines is 1. The number of esters is 1. The molecule has 0 saturated heterocycles. The van der Waals surface area contributed by atoms with Crippen LogP contribution in [0.3, 0.4) is 0 Å². The molecule has 35 heavy (non-hydrogen) atoms. The first kappa shape index (κ1) is 21.7. The summed E-state index contributed by atoms with van der Waals surface area (Å²) in [6, 6.07) is 27.5. The summed E-state index contributed by atoms with van der Waals surface area (Å²) in [6.45, 7) is -0.483. The molecule has 0 unspecified atom stereocenters. The second-order valence-electron chi connectivity index (χ2n) is 7.42. The molecule has 1 N–H and O–H groups in total. The summed E-state index contributed by atoms with van der Waals surface area (Å²) in [7, 11) is 0. The monoisotopic (exact) mass is 465 g/mol. The van der Waals surface area contributed by atoms with E-state index in [9.17, 15) is 9.59 Å². The zero-order valence-corrected chi connectivity index (χ0v) is 18.4. The number of amides is 1. The van der Waals surface area contributed by atoms with Crippen molar-refractivity contribution in [1.82, 2.24) is 30.0 Å². The molecule has 0 spiro atoms. The number of aromatic nitrogens is 6. The molecule has 10 nitrogen and oxygen atoms in total. The van der Waals surface area contributed by atoms with E-state index in [0.717, 1.165) is 11.3 Å². The number of nitrogens with zero attached hydrogens (tertiary/aromatic N) is 6. The first-order valence-electron chi connectivity index (χ1n) is 10.7. The van der Waals surface area contributed by atoms with Crippen LogP contribution < -0.4 is 5.32 Å². The van der Waals surface area contributed by atoms with Gasteiger partial charge in [0.05, 0.1) is 22.6 Å². The van der Waals surface area contributed by atoms with Crippen molar-refractivity contribution in [3.63, 3.8) is 0 Å². The topological polar surface area (TPSA) is 117 Å². The number of hydrogen-bond acceptors (Lipinski definition) is 7. The summed E-state index contributed by atoms with van der Waals surface area (Å²) in [5.41, 5.74) is 3.05. The van der Waals surface area contributed by atoms with Crippen molar-refractivity contribution in [1.29, 1.82) is 0 Å². The van der Waals surface area contributed by atoms with Crippen LogP contribution in [0.4, 0.5) is 5.82 Å². The Morgan fingerprint density at radius 1 is 0.886 bits per heavy atom. The van der Waals surface area contributed by atoms with Crippen LogP contribution in [0.1, 0.15) is 10.4 Å². The quantitative estimate of drug-likeness (QED) is 0.367. The molecule has 5 rings (SSSR count). The van der Waals surface area contributed by atoms with Crippen molar-refractivity contribution < 1.29 is 14.3 Å². The minimum Gasteiger partial charge on any atom is -0.452 e. The Balaban J connectivity index is 1.33. The lowest BCUT2D eigenvalue weighted by Gasteiger charge is -2.10. The number of carbonyl (C=O) groups is 2. The third kappa shape index (κ3) is 4.81. The van der Waals surface area contributed by atoms with Gasteiger partial charge < -0.3 is 10.1 Å². The van der Waals surface area contributed by atoms with Crippen LogP contribution >= 0.6 is 0 Å². The van der Waals surface area contributed by atoms with Crippen molar-refractivity contribution in [2.45, 2.75) is 0 Å². The Morgan fingerprint density at radius 3 is 2.34 bits per heavy atom.